The largest absolute Gasteiger partial charge is 0.476 e. The standard InChI is InChI=1S/C23H29ClN2O4S/c1-3-5-8-17(4-2)15-25-23(27)22-16-26(20-9-6-7-10-21(20)30-22)31(28,29)19-13-11-18(24)12-14-19/h6-7,9-14,17,22H,3-5,8,15-16H2,1-2H3,(H,25,27). The molecule has 8 heteroatoms. The van der Waals surface area contributed by atoms with Crippen molar-refractivity contribution in [3.05, 3.63) is 53.6 Å². The Hall–Kier alpha value is -2.25. The average Bonchev–Trinajstić information content (AvgIpc) is 2.78. The fourth-order valence-corrected chi connectivity index (χ4v) is 5.20. The first-order valence-corrected chi connectivity index (χ1v) is 12.5. The molecule has 1 amide bonds. The molecule has 1 heterocycles. The van der Waals surface area contributed by atoms with E-state index in [1.54, 1.807) is 24.3 Å². The highest BCUT2D eigenvalue weighted by atomic mass is 35.5. The molecule has 2 aromatic rings. The van der Waals surface area contributed by atoms with Gasteiger partial charge in [0.1, 0.15) is 5.75 Å². The van der Waals surface area contributed by atoms with Crippen LogP contribution in [0.5, 0.6) is 5.75 Å². The van der Waals surface area contributed by atoms with Crippen LogP contribution in [-0.4, -0.2) is 33.5 Å². The molecule has 0 spiro atoms. The number of amides is 1. The lowest BCUT2D eigenvalue weighted by molar-refractivity contribution is -0.127. The Labute approximate surface area is 189 Å². The molecule has 0 fully saturated rings. The zero-order valence-electron chi connectivity index (χ0n) is 17.9. The number of unbranched alkanes of at least 4 members (excludes halogenated alkanes) is 1. The van der Waals surface area contributed by atoms with Gasteiger partial charge in [0.05, 0.1) is 17.1 Å². The summed E-state index contributed by atoms with van der Waals surface area (Å²) in [6.07, 6.45) is 3.34. The van der Waals surface area contributed by atoms with Crippen molar-refractivity contribution < 1.29 is 17.9 Å². The molecule has 2 unspecified atom stereocenters. The second-order valence-corrected chi connectivity index (χ2v) is 10.0. The van der Waals surface area contributed by atoms with Gasteiger partial charge in [-0.2, -0.15) is 0 Å². The molecule has 2 atom stereocenters. The summed E-state index contributed by atoms with van der Waals surface area (Å²) in [4.78, 5) is 13.0. The van der Waals surface area contributed by atoms with Crippen LogP contribution in [0.3, 0.4) is 0 Å². The van der Waals surface area contributed by atoms with Crippen molar-refractivity contribution in [2.45, 2.75) is 50.5 Å². The van der Waals surface area contributed by atoms with Gasteiger partial charge in [-0.15, -0.1) is 0 Å². The number of nitrogens with zero attached hydrogens (tertiary/aromatic N) is 1. The fraction of sp³-hybridized carbons (Fsp3) is 0.435. The van der Waals surface area contributed by atoms with Gasteiger partial charge in [0.2, 0.25) is 0 Å². The Balaban J connectivity index is 1.81. The van der Waals surface area contributed by atoms with Gasteiger partial charge in [-0.05, 0) is 48.7 Å². The summed E-state index contributed by atoms with van der Waals surface area (Å²) in [7, 11) is -3.89. The van der Waals surface area contributed by atoms with Crippen LogP contribution in [0.4, 0.5) is 5.69 Å². The van der Waals surface area contributed by atoms with Gasteiger partial charge < -0.3 is 10.1 Å². The van der Waals surface area contributed by atoms with Crippen LogP contribution in [0.2, 0.25) is 5.02 Å². The third kappa shape index (κ3) is 5.52. The number of hydrogen-bond acceptors (Lipinski definition) is 4. The molecule has 0 bridgehead atoms. The van der Waals surface area contributed by atoms with Gasteiger partial charge in [-0.3, -0.25) is 9.10 Å². The van der Waals surface area contributed by atoms with E-state index in [0.29, 0.717) is 28.9 Å². The monoisotopic (exact) mass is 464 g/mol. The molecule has 6 nitrogen and oxygen atoms in total. The first-order chi connectivity index (χ1) is 14.9. The maximum atomic E-state index is 13.4. The fourth-order valence-electron chi connectivity index (χ4n) is 3.60. The lowest BCUT2D eigenvalue weighted by Crippen LogP contribution is -2.51. The van der Waals surface area contributed by atoms with Crippen LogP contribution in [0.1, 0.15) is 39.5 Å². The molecule has 2 aromatic carbocycles. The molecule has 0 radical (unpaired) electrons. The number of para-hydroxylation sites is 2. The summed E-state index contributed by atoms with van der Waals surface area (Å²) in [5.74, 6) is 0.457. The predicted molar refractivity (Wildman–Crippen MR) is 123 cm³/mol. The van der Waals surface area contributed by atoms with Crippen LogP contribution < -0.4 is 14.4 Å². The van der Waals surface area contributed by atoms with Crippen molar-refractivity contribution >= 4 is 33.2 Å². The van der Waals surface area contributed by atoms with Gasteiger partial charge in [-0.1, -0.05) is 56.8 Å². The highest BCUT2D eigenvalue weighted by Gasteiger charge is 2.37. The van der Waals surface area contributed by atoms with Gasteiger partial charge >= 0.3 is 0 Å². The molecule has 1 N–H and O–H groups in total. The van der Waals surface area contributed by atoms with Gasteiger partial charge in [0.15, 0.2) is 6.10 Å². The molecule has 1 aliphatic rings. The molecule has 168 valence electrons. The van der Waals surface area contributed by atoms with Crippen molar-refractivity contribution in [3.63, 3.8) is 0 Å². The lowest BCUT2D eigenvalue weighted by Gasteiger charge is -2.35. The molecule has 1 aliphatic heterocycles. The summed E-state index contributed by atoms with van der Waals surface area (Å²) in [5, 5.41) is 3.41. The number of benzene rings is 2. The molecule has 0 saturated carbocycles. The van der Waals surface area contributed by atoms with Crippen molar-refractivity contribution in [1.29, 1.82) is 0 Å². The zero-order valence-corrected chi connectivity index (χ0v) is 19.5. The Morgan fingerprint density at radius 3 is 2.58 bits per heavy atom. The second kappa shape index (κ2) is 10.4. The van der Waals surface area contributed by atoms with Crippen LogP contribution >= 0.6 is 11.6 Å². The third-order valence-electron chi connectivity index (χ3n) is 5.54. The van der Waals surface area contributed by atoms with Crippen LogP contribution in [0, 0.1) is 5.92 Å². The number of carbonyl (C=O) groups excluding carboxylic acids is 1. The summed E-state index contributed by atoms with van der Waals surface area (Å²) >= 11 is 5.92. The van der Waals surface area contributed by atoms with E-state index in [1.807, 2.05) is 0 Å². The number of fused-ring (bicyclic) bond motifs is 1. The maximum Gasteiger partial charge on any atom is 0.264 e. The molecule has 3 rings (SSSR count). The average molecular weight is 465 g/mol. The van der Waals surface area contributed by atoms with E-state index in [1.165, 1.54) is 28.6 Å². The van der Waals surface area contributed by atoms with E-state index in [0.717, 1.165) is 25.7 Å². The Morgan fingerprint density at radius 1 is 1.19 bits per heavy atom. The van der Waals surface area contributed by atoms with E-state index in [4.69, 9.17) is 16.3 Å². The van der Waals surface area contributed by atoms with Crippen molar-refractivity contribution in [2.24, 2.45) is 5.92 Å². The molecular formula is C23H29ClN2O4S. The van der Waals surface area contributed by atoms with Gasteiger partial charge in [-0.25, -0.2) is 8.42 Å². The van der Waals surface area contributed by atoms with Crippen molar-refractivity contribution in [3.8, 4) is 5.75 Å². The number of hydrogen-bond donors (Lipinski definition) is 1. The third-order valence-corrected chi connectivity index (χ3v) is 7.58. The van der Waals surface area contributed by atoms with E-state index < -0.39 is 16.1 Å². The number of carbonyl (C=O) groups is 1. The number of ether oxygens (including phenoxy) is 1. The zero-order chi connectivity index (χ0) is 22.4. The van der Waals surface area contributed by atoms with Gasteiger partial charge in [0, 0.05) is 11.6 Å². The molecule has 0 saturated heterocycles. The number of nitrogens with one attached hydrogen (secondary N) is 1. The maximum absolute atomic E-state index is 13.4. The topological polar surface area (TPSA) is 75.7 Å². The first kappa shape index (κ1) is 23.4. The minimum absolute atomic E-state index is 0.0977. The van der Waals surface area contributed by atoms with E-state index in [-0.39, 0.29) is 17.3 Å². The number of sulfonamides is 1. The second-order valence-electron chi connectivity index (χ2n) is 7.73. The SMILES string of the molecule is CCCCC(CC)CNC(=O)C1CN(S(=O)(=O)c2ccc(Cl)cc2)c2ccccc2O1. The Morgan fingerprint density at radius 2 is 1.90 bits per heavy atom. The van der Waals surface area contributed by atoms with Crippen molar-refractivity contribution in [1.82, 2.24) is 5.32 Å². The summed E-state index contributed by atoms with van der Waals surface area (Å²) in [6.45, 7) is 4.72. The van der Waals surface area contributed by atoms with Crippen LogP contribution in [0.15, 0.2) is 53.4 Å². The highest BCUT2D eigenvalue weighted by molar-refractivity contribution is 7.92. The quantitative estimate of drug-likeness (QED) is 0.587. The number of halogens is 1. The molecular weight excluding hydrogens is 436 g/mol. The lowest BCUT2D eigenvalue weighted by atomic mass is 9.99. The molecule has 0 aliphatic carbocycles. The minimum Gasteiger partial charge on any atom is -0.476 e. The first-order valence-electron chi connectivity index (χ1n) is 10.7. The van der Waals surface area contributed by atoms with E-state index in [9.17, 15) is 13.2 Å². The molecule has 31 heavy (non-hydrogen) atoms. The highest BCUT2D eigenvalue weighted by Crippen LogP contribution is 2.37. The van der Waals surface area contributed by atoms with Crippen LogP contribution in [0.25, 0.3) is 0 Å². The smallest absolute Gasteiger partial charge is 0.264 e. The Bertz CT molecular complexity index is 995. The summed E-state index contributed by atoms with van der Waals surface area (Å²) in [6, 6.07) is 12.8. The van der Waals surface area contributed by atoms with Crippen molar-refractivity contribution in [2.75, 3.05) is 17.4 Å². The van der Waals surface area contributed by atoms with E-state index in [2.05, 4.69) is 19.2 Å². The number of anilines is 1. The summed E-state index contributed by atoms with van der Waals surface area (Å²) < 4.78 is 33.8. The minimum atomic E-state index is -3.89. The Kier molecular flexibility index (Phi) is 7.84. The van der Waals surface area contributed by atoms with Gasteiger partial charge in [0.25, 0.3) is 15.9 Å². The number of rotatable bonds is 9. The predicted octanol–water partition coefficient (Wildman–Crippen LogP) is 4.63. The van der Waals surface area contributed by atoms with E-state index >= 15 is 0 Å². The van der Waals surface area contributed by atoms with Crippen LogP contribution in [-0.2, 0) is 14.8 Å². The molecule has 0 aromatic heterocycles. The normalized spacial score (nSPS) is 16.9. The summed E-state index contributed by atoms with van der Waals surface area (Å²) in [5.41, 5.74) is 0.413.